The van der Waals surface area contributed by atoms with Crippen LogP contribution >= 0.6 is 11.5 Å². The molecule has 0 spiro atoms. The minimum absolute atomic E-state index is 0.0416. The van der Waals surface area contributed by atoms with E-state index >= 15 is 0 Å². The average Bonchev–Trinajstić information content (AvgIpc) is 3.16. The van der Waals surface area contributed by atoms with Crippen LogP contribution in [0.5, 0.6) is 11.5 Å². The third-order valence-corrected chi connectivity index (χ3v) is 5.37. The molecule has 0 radical (unpaired) electrons. The number of hydrogen-bond acceptors (Lipinski definition) is 5. The maximum Gasteiger partial charge on any atom is 0.427 e. The summed E-state index contributed by atoms with van der Waals surface area (Å²) in [6.07, 6.45) is -5.19. The van der Waals surface area contributed by atoms with Gasteiger partial charge in [0.05, 0.1) is 12.8 Å². The van der Waals surface area contributed by atoms with Gasteiger partial charge in [-0.05, 0) is 47.8 Å². The Balaban J connectivity index is 1.93. The van der Waals surface area contributed by atoms with E-state index in [4.69, 9.17) is 14.6 Å². The van der Waals surface area contributed by atoms with E-state index in [2.05, 4.69) is 4.37 Å². The molecule has 3 aromatic rings. The maximum atomic E-state index is 14.4. The zero-order valence-corrected chi connectivity index (χ0v) is 17.3. The molecule has 3 rings (SSSR count). The quantitative estimate of drug-likeness (QED) is 0.425. The maximum absolute atomic E-state index is 14.4. The summed E-state index contributed by atoms with van der Waals surface area (Å²) in [7, 11) is 1.40. The van der Waals surface area contributed by atoms with Crippen molar-refractivity contribution in [1.82, 2.24) is 4.37 Å². The minimum Gasteiger partial charge on any atom is -0.497 e. The van der Waals surface area contributed by atoms with Crippen molar-refractivity contribution in [3.63, 3.8) is 0 Å². The SMILES string of the molecule is COc1cccc(-c2nsc(C(F)(F)F)c2COc2c(F)cc(CCC(=O)O)cc2F)c1. The highest BCUT2D eigenvalue weighted by molar-refractivity contribution is 7.06. The lowest BCUT2D eigenvalue weighted by atomic mass is 10.1. The normalized spacial score (nSPS) is 11.4. The smallest absolute Gasteiger partial charge is 0.427 e. The molecule has 0 atom stereocenters. The second-order valence-corrected chi connectivity index (χ2v) is 7.41. The van der Waals surface area contributed by atoms with Crippen molar-refractivity contribution in [2.75, 3.05) is 7.11 Å². The van der Waals surface area contributed by atoms with Crippen molar-refractivity contribution < 1.29 is 41.3 Å². The van der Waals surface area contributed by atoms with Crippen LogP contribution in [0.2, 0.25) is 0 Å². The van der Waals surface area contributed by atoms with Gasteiger partial charge in [0, 0.05) is 17.5 Å². The van der Waals surface area contributed by atoms with Crippen molar-refractivity contribution in [3.05, 3.63) is 64.0 Å². The van der Waals surface area contributed by atoms with E-state index in [-0.39, 0.29) is 41.2 Å². The van der Waals surface area contributed by atoms with Gasteiger partial charge in [0.25, 0.3) is 0 Å². The van der Waals surface area contributed by atoms with E-state index in [0.717, 1.165) is 12.1 Å². The summed E-state index contributed by atoms with van der Waals surface area (Å²) in [4.78, 5) is 9.58. The first-order valence-corrected chi connectivity index (χ1v) is 9.90. The van der Waals surface area contributed by atoms with Gasteiger partial charge < -0.3 is 14.6 Å². The highest BCUT2D eigenvalue weighted by atomic mass is 32.1. The fourth-order valence-corrected chi connectivity index (χ4v) is 3.72. The molecule has 1 N–H and O–H groups in total. The number of rotatable bonds is 8. The van der Waals surface area contributed by atoms with Crippen LogP contribution in [0.4, 0.5) is 22.0 Å². The Hall–Kier alpha value is -3.21. The van der Waals surface area contributed by atoms with Gasteiger partial charge in [-0.15, -0.1) is 0 Å². The molecule has 0 bridgehead atoms. The predicted molar refractivity (Wildman–Crippen MR) is 106 cm³/mol. The van der Waals surface area contributed by atoms with Crippen LogP contribution in [0, 0.1) is 11.6 Å². The van der Waals surface area contributed by atoms with Crippen LogP contribution in [-0.2, 0) is 24.0 Å². The Labute approximate surface area is 183 Å². The molecule has 1 aromatic heterocycles. The third-order valence-electron chi connectivity index (χ3n) is 4.44. The Morgan fingerprint density at radius 3 is 2.44 bits per heavy atom. The lowest BCUT2D eigenvalue weighted by Gasteiger charge is -2.13. The number of aromatic nitrogens is 1. The van der Waals surface area contributed by atoms with Gasteiger partial charge in [-0.2, -0.15) is 17.5 Å². The van der Waals surface area contributed by atoms with Gasteiger partial charge in [0.1, 0.15) is 17.2 Å². The molecule has 5 nitrogen and oxygen atoms in total. The number of halogens is 5. The fraction of sp³-hybridized carbons (Fsp3) is 0.238. The zero-order chi connectivity index (χ0) is 23.5. The van der Waals surface area contributed by atoms with E-state index in [1.807, 2.05) is 0 Å². The van der Waals surface area contributed by atoms with E-state index < -0.39 is 41.0 Å². The molecule has 0 saturated heterocycles. The first-order chi connectivity index (χ1) is 15.1. The van der Waals surface area contributed by atoms with Gasteiger partial charge in [-0.25, -0.2) is 8.78 Å². The summed E-state index contributed by atoms with van der Waals surface area (Å²) in [6, 6.07) is 7.96. The molecular formula is C21H16F5NO4S. The molecule has 32 heavy (non-hydrogen) atoms. The molecule has 0 aliphatic heterocycles. The van der Waals surface area contributed by atoms with Crippen molar-refractivity contribution in [2.45, 2.75) is 25.6 Å². The largest absolute Gasteiger partial charge is 0.497 e. The van der Waals surface area contributed by atoms with Gasteiger partial charge in [-0.1, -0.05) is 12.1 Å². The lowest BCUT2D eigenvalue weighted by Crippen LogP contribution is -2.09. The van der Waals surface area contributed by atoms with Crippen LogP contribution in [0.25, 0.3) is 11.3 Å². The van der Waals surface area contributed by atoms with Crippen molar-refractivity contribution in [3.8, 4) is 22.8 Å². The number of nitrogens with zero attached hydrogens (tertiary/aromatic N) is 1. The number of methoxy groups -OCH3 is 1. The molecule has 11 heteroatoms. The molecule has 0 saturated carbocycles. The first kappa shape index (κ1) is 23.5. The molecule has 2 aromatic carbocycles. The average molecular weight is 473 g/mol. The number of carboxylic acid groups (broad SMARTS) is 1. The van der Waals surface area contributed by atoms with Gasteiger partial charge in [-0.3, -0.25) is 4.79 Å². The number of carbonyl (C=O) groups is 1. The Morgan fingerprint density at radius 2 is 1.84 bits per heavy atom. The van der Waals surface area contributed by atoms with Crippen molar-refractivity contribution in [2.24, 2.45) is 0 Å². The Morgan fingerprint density at radius 1 is 1.16 bits per heavy atom. The molecule has 1 heterocycles. The summed E-state index contributed by atoms with van der Waals surface area (Å²) in [5.74, 6) is -3.90. The highest BCUT2D eigenvalue weighted by Crippen LogP contribution is 2.41. The molecule has 0 aliphatic carbocycles. The van der Waals surface area contributed by atoms with E-state index in [1.54, 1.807) is 12.1 Å². The molecule has 0 fully saturated rings. The number of carboxylic acids is 1. The van der Waals surface area contributed by atoms with Crippen LogP contribution in [0.1, 0.15) is 22.4 Å². The molecule has 0 amide bonds. The standard InChI is InChI=1S/C21H16F5NO4S/c1-30-13-4-2-3-12(9-13)18-14(20(32-27-18)21(24,25)26)10-31-19-15(22)7-11(8-16(19)23)5-6-17(28)29/h2-4,7-9H,5-6,10H2,1H3,(H,28,29). The van der Waals surface area contributed by atoms with Crippen molar-refractivity contribution >= 4 is 17.5 Å². The fourth-order valence-electron chi connectivity index (χ4n) is 2.95. The second-order valence-electron chi connectivity index (χ2n) is 6.64. The topological polar surface area (TPSA) is 68.7 Å². The highest BCUT2D eigenvalue weighted by Gasteiger charge is 2.38. The van der Waals surface area contributed by atoms with Crippen LogP contribution in [-0.4, -0.2) is 22.6 Å². The summed E-state index contributed by atoms with van der Waals surface area (Å²) in [5.41, 5.74) is -0.00992. The van der Waals surface area contributed by atoms with E-state index in [0.29, 0.717) is 11.3 Å². The number of aliphatic carboxylic acids is 1. The summed E-state index contributed by atoms with van der Waals surface area (Å²) in [5, 5.41) is 8.69. The third kappa shape index (κ3) is 5.34. The second kappa shape index (κ2) is 9.51. The number of ether oxygens (including phenoxy) is 2. The monoisotopic (exact) mass is 473 g/mol. The van der Waals surface area contributed by atoms with Gasteiger partial charge >= 0.3 is 12.1 Å². The number of aryl methyl sites for hydroxylation is 1. The zero-order valence-electron chi connectivity index (χ0n) is 16.5. The van der Waals surface area contributed by atoms with Crippen LogP contribution < -0.4 is 9.47 Å². The van der Waals surface area contributed by atoms with Crippen LogP contribution in [0.15, 0.2) is 36.4 Å². The van der Waals surface area contributed by atoms with E-state index in [9.17, 15) is 26.7 Å². The Kier molecular flexibility index (Phi) is 6.97. The number of alkyl halides is 3. The van der Waals surface area contributed by atoms with Gasteiger partial charge in [0.15, 0.2) is 17.4 Å². The Bertz CT molecular complexity index is 1110. The molecule has 0 aliphatic rings. The number of benzene rings is 2. The van der Waals surface area contributed by atoms with Gasteiger partial charge in [0.2, 0.25) is 0 Å². The van der Waals surface area contributed by atoms with Crippen LogP contribution in [0.3, 0.4) is 0 Å². The van der Waals surface area contributed by atoms with E-state index in [1.165, 1.54) is 19.2 Å². The lowest BCUT2D eigenvalue weighted by molar-refractivity contribution is -0.137. The minimum atomic E-state index is -4.74. The molecule has 0 unspecified atom stereocenters. The summed E-state index contributed by atoms with van der Waals surface area (Å²) < 4.78 is 83.3. The summed E-state index contributed by atoms with van der Waals surface area (Å²) >= 11 is 0.208. The molecular weight excluding hydrogens is 457 g/mol. The van der Waals surface area contributed by atoms with Crippen molar-refractivity contribution in [1.29, 1.82) is 0 Å². The molecule has 170 valence electrons. The summed E-state index contributed by atoms with van der Waals surface area (Å²) in [6.45, 7) is -0.791. The predicted octanol–water partition coefficient (Wildman–Crippen LogP) is 5.71. The number of hydrogen-bond donors (Lipinski definition) is 1. The first-order valence-electron chi connectivity index (χ1n) is 9.12.